The molecule has 0 aromatic carbocycles. The van der Waals surface area contributed by atoms with Crippen molar-refractivity contribution in [2.45, 2.75) is 6.42 Å². The summed E-state index contributed by atoms with van der Waals surface area (Å²) in [5.74, 6) is 2.47. The van der Waals surface area contributed by atoms with Gasteiger partial charge in [0.2, 0.25) is 0 Å². The minimum atomic E-state index is 0.694. The average molecular weight is 169 g/mol. The lowest BCUT2D eigenvalue weighted by molar-refractivity contribution is -0.418. The Labute approximate surface area is 72.0 Å². The van der Waals surface area contributed by atoms with Crippen LogP contribution in [0.4, 0.5) is 0 Å². The van der Waals surface area contributed by atoms with E-state index in [1.165, 1.54) is 0 Å². The third kappa shape index (κ3) is 1.87. The Bertz CT molecular complexity index is 226. The molecule has 0 saturated carbocycles. The molecule has 66 valence electrons. The zero-order valence-corrected chi connectivity index (χ0v) is 7.59. The second-order valence-electron chi connectivity index (χ2n) is 2.41. The third-order valence-corrected chi connectivity index (χ3v) is 1.72. The number of ketones is 1. The van der Waals surface area contributed by atoms with Gasteiger partial charge in [-0.05, 0) is 0 Å². The molecule has 0 saturated heterocycles. The molecule has 1 aliphatic rings. The quantitative estimate of drug-likeness (QED) is 0.581. The number of methoxy groups -OCH3 is 2. The van der Waals surface area contributed by atoms with Crippen LogP contribution >= 0.6 is 0 Å². The molecule has 0 spiro atoms. The van der Waals surface area contributed by atoms with E-state index in [-0.39, 0.29) is 0 Å². The molecule has 0 bridgehead atoms. The highest BCUT2D eigenvalue weighted by Crippen LogP contribution is 2.17. The summed E-state index contributed by atoms with van der Waals surface area (Å²) < 4.78 is 15.2. The average Bonchev–Trinajstić information content (AvgIpc) is 2.16. The van der Waals surface area contributed by atoms with Gasteiger partial charge in [-0.15, -0.1) is 0 Å². The molecule has 0 fully saturated rings. The molecule has 1 aliphatic carbocycles. The topological polar surface area (TPSA) is 29.8 Å². The normalized spacial score (nSPS) is 16.4. The van der Waals surface area contributed by atoms with E-state index >= 15 is 0 Å². The molecule has 3 nitrogen and oxygen atoms in total. The van der Waals surface area contributed by atoms with Crippen molar-refractivity contribution in [2.24, 2.45) is 0 Å². The van der Waals surface area contributed by atoms with Gasteiger partial charge in [0.1, 0.15) is 11.5 Å². The lowest BCUT2D eigenvalue weighted by Gasteiger charge is -2.10. The number of hydrogen-bond acceptors (Lipinski definition) is 2. The molecule has 0 aromatic heterocycles. The molecule has 0 aliphatic heterocycles. The van der Waals surface area contributed by atoms with E-state index in [0.717, 1.165) is 17.3 Å². The highest BCUT2D eigenvalue weighted by molar-refractivity contribution is 6.01. The SMILES string of the molecule is COC1=CC(=[O+]C)C=C(OC)C1. The lowest BCUT2D eigenvalue weighted by atomic mass is 10.1. The molecule has 0 N–H and O–H groups in total. The molecule has 0 unspecified atom stereocenters. The lowest BCUT2D eigenvalue weighted by Crippen LogP contribution is -2.06. The van der Waals surface area contributed by atoms with Gasteiger partial charge >= 0.3 is 5.78 Å². The number of carbonyl (C=O) groups excluding carboxylic acids is 1. The maximum Gasteiger partial charge on any atom is 0.349 e. The zero-order chi connectivity index (χ0) is 8.97. The van der Waals surface area contributed by atoms with Crippen molar-refractivity contribution >= 4 is 5.78 Å². The van der Waals surface area contributed by atoms with Crippen molar-refractivity contribution < 1.29 is 13.9 Å². The van der Waals surface area contributed by atoms with E-state index in [9.17, 15) is 0 Å². The third-order valence-electron chi connectivity index (χ3n) is 1.72. The second kappa shape index (κ2) is 3.95. The Balaban J connectivity index is 2.82. The zero-order valence-electron chi connectivity index (χ0n) is 7.59. The maximum absolute atomic E-state index is 5.09. The van der Waals surface area contributed by atoms with Gasteiger partial charge in [-0.25, -0.2) is 0 Å². The Morgan fingerprint density at radius 1 is 1.17 bits per heavy atom. The van der Waals surface area contributed by atoms with E-state index < -0.39 is 0 Å². The fourth-order valence-corrected chi connectivity index (χ4v) is 1.01. The first kappa shape index (κ1) is 8.84. The van der Waals surface area contributed by atoms with Gasteiger partial charge in [0, 0.05) is 0 Å². The van der Waals surface area contributed by atoms with Crippen LogP contribution < -0.4 is 0 Å². The molecule has 3 heteroatoms. The number of ether oxygens (including phenoxy) is 2. The second-order valence-corrected chi connectivity index (χ2v) is 2.41. The molecule has 12 heavy (non-hydrogen) atoms. The van der Waals surface area contributed by atoms with E-state index in [4.69, 9.17) is 13.9 Å². The molecule has 0 atom stereocenters. The molecule has 0 amide bonds. The smallest absolute Gasteiger partial charge is 0.349 e. The van der Waals surface area contributed by atoms with Crippen molar-refractivity contribution in [1.29, 1.82) is 0 Å². The largest absolute Gasteiger partial charge is 0.500 e. The Hall–Kier alpha value is -1.25. The summed E-state index contributed by atoms with van der Waals surface area (Å²) in [4.78, 5) is 0. The van der Waals surface area contributed by atoms with Crippen LogP contribution in [0.25, 0.3) is 0 Å². The highest BCUT2D eigenvalue weighted by atomic mass is 16.5. The first-order valence-corrected chi connectivity index (χ1v) is 3.70. The molecule has 1 rings (SSSR count). The van der Waals surface area contributed by atoms with Gasteiger partial charge in [-0.2, -0.15) is 0 Å². The van der Waals surface area contributed by atoms with E-state index in [2.05, 4.69) is 0 Å². The van der Waals surface area contributed by atoms with Crippen LogP contribution in [-0.2, 0) is 13.9 Å². The maximum atomic E-state index is 5.09. The molecular formula is C9H13O3+. The Morgan fingerprint density at radius 3 is 2.00 bits per heavy atom. The number of rotatable bonds is 2. The summed E-state index contributed by atoms with van der Waals surface area (Å²) in [7, 11) is 4.89. The van der Waals surface area contributed by atoms with E-state index in [0.29, 0.717) is 6.42 Å². The van der Waals surface area contributed by atoms with Crippen molar-refractivity contribution in [3.05, 3.63) is 23.7 Å². The van der Waals surface area contributed by atoms with Gasteiger partial charge < -0.3 is 9.47 Å². The summed E-state index contributed by atoms with van der Waals surface area (Å²) in [6.45, 7) is 0. The standard InChI is InChI=1S/C9H13O3/c1-10-7-4-8(11-2)6-9(5-7)12-3/h4-5H,6H2,1-3H3/q+1. The fraction of sp³-hybridized carbons (Fsp3) is 0.444. The summed E-state index contributed by atoms with van der Waals surface area (Å²) in [6.07, 6.45) is 4.39. The van der Waals surface area contributed by atoms with Crippen LogP contribution in [-0.4, -0.2) is 27.1 Å². The molecule has 0 radical (unpaired) electrons. The van der Waals surface area contributed by atoms with Crippen molar-refractivity contribution in [2.75, 3.05) is 21.3 Å². The van der Waals surface area contributed by atoms with Gasteiger partial charge in [0.25, 0.3) is 7.11 Å². The predicted molar refractivity (Wildman–Crippen MR) is 45.7 cm³/mol. The first-order valence-electron chi connectivity index (χ1n) is 3.70. The van der Waals surface area contributed by atoms with Crippen molar-refractivity contribution in [3.8, 4) is 0 Å². The Morgan fingerprint density at radius 2 is 1.67 bits per heavy atom. The van der Waals surface area contributed by atoms with E-state index in [1.807, 2.05) is 12.2 Å². The van der Waals surface area contributed by atoms with Crippen molar-refractivity contribution in [3.63, 3.8) is 0 Å². The van der Waals surface area contributed by atoms with Crippen LogP contribution in [0.1, 0.15) is 6.42 Å². The van der Waals surface area contributed by atoms with Gasteiger partial charge in [-0.1, -0.05) is 0 Å². The minimum Gasteiger partial charge on any atom is -0.500 e. The summed E-state index contributed by atoms with van der Waals surface area (Å²) in [5.41, 5.74) is 0. The summed E-state index contributed by atoms with van der Waals surface area (Å²) in [5, 5.41) is 0. The van der Waals surface area contributed by atoms with Crippen LogP contribution in [0.15, 0.2) is 23.7 Å². The fourth-order valence-electron chi connectivity index (χ4n) is 1.01. The molecular weight excluding hydrogens is 156 g/mol. The van der Waals surface area contributed by atoms with Crippen molar-refractivity contribution in [1.82, 2.24) is 0 Å². The molecule has 0 heterocycles. The predicted octanol–water partition coefficient (Wildman–Crippen LogP) is 1.19. The molecule has 0 aromatic rings. The number of allylic oxidation sites excluding steroid dienone is 2. The van der Waals surface area contributed by atoms with Crippen LogP contribution in [0.3, 0.4) is 0 Å². The monoisotopic (exact) mass is 169 g/mol. The first-order chi connectivity index (χ1) is 5.80. The minimum absolute atomic E-state index is 0.694. The number of hydrogen-bond donors (Lipinski definition) is 0. The van der Waals surface area contributed by atoms with Crippen LogP contribution in [0, 0.1) is 0 Å². The van der Waals surface area contributed by atoms with E-state index in [1.54, 1.807) is 21.3 Å². The van der Waals surface area contributed by atoms with Gasteiger partial charge in [-0.3, -0.25) is 4.42 Å². The summed E-state index contributed by atoms with van der Waals surface area (Å²) in [6, 6.07) is 0. The van der Waals surface area contributed by atoms with Crippen LogP contribution in [0.2, 0.25) is 0 Å². The highest BCUT2D eigenvalue weighted by Gasteiger charge is 2.17. The van der Waals surface area contributed by atoms with Gasteiger partial charge in [0.05, 0.1) is 32.8 Å². The summed E-state index contributed by atoms with van der Waals surface area (Å²) >= 11 is 0. The van der Waals surface area contributed by atoms with Gasteiger partial charge in [0.15, 0.2) is 0 Å². The Kier molecular flexibility index (Phi) is 2.91. The van der Waals surface area contributed by atoms with Crippen LogP contribution in [0.5, 0.6) is 0 Å².